The minimum absolute atomic E-state index is 0.233. The standard InChI is InChI=1S/C27H22N6O3/c34-27(35)21-4-1-5-22-20(21)8-6-19(30-22)7-9-23-25(18-3-2-11-28-17-18)33-26(31-23)24(10-12-29-33)32-13-15-36-16-14-32/h1-12,17H,13-16H2,(H,34,35). The van der Waals surface area contributed by atoms with Gasteiger partial charge in [-0.05, 0) is 54.6 Å². The quantitative estimate of drug-likeness (QED) is 0.403. The number of benzene rings is 1. The van der Waals surface area contributed by atoms with Crippen molar-refractivity contribution < 1.29 is 14.6 Å². The fraction of sp³-hybridized carbons (Fsp3) is 0.148. The number of rotatable bonds is 5. The number of carboxylic acids is 1. The molecule has 1 aliphatic heterocycles. The normalized spacial score (nSPS) is 14.2. The molecule has 6 rings (SSSR count). The monoisotopic (exact) mass is 478 g/mol. The summed E-state index contributed by atoms with van der Waals surface area (Å²) >= 11 is 0. The number of nitrogens with zero attached hydrogens (tertiary/aromatic N) is 6. The number of pyridine rings is 2. The number of imidazole rings is 1. The summed E-state index contributed by atoms with van der Waals surface area (Å²) in [5.74, 6) is -0.972. The van der Waals surface area contributed by atoms with Crippen molar-refractivity contribution in [1.29, 1.82) is 0 Å². The van der Waals surface area contributed by atoms with Crippen LogP contribution < -0.4 is 4.90 Å². The van der Waals surface area contributed by atoms with E-state index in [-0.39, 0.29) is 5.56 Å². The van der Waals surface area contributed by atoms with Crippen molar-refractivity contribution in [2.75, 3.05) is 31.2 Å². The molecule has 1 aromatic carbocycles. The first-order valence-electron chi connectivity index (χ1n) is 11.6. The number of hydrogen-bond donors (Lipinski definition) is 1. The summed E-state index contributed by atoms with van der Waals surface area (Å²) in [4.78, 5) is 27.7. The number of aromatic carboxylic acids is 1. The van der Waals surface area contributed by atoms with Gasteiger partial charge in [0.05, 0.1) is 47.6 Å². The Labute approximate surface area is 206 Å². The zero-order valence-electron chi connectivity index (χ0n) is 19.3. The molecule has 9 heteroatoms. The van der Waals surface area contributed by atoms with E-state index in [1.807, 2.05) is 47.0 Å². The molecule has 5 aromatic rings. The fourth-order valence-corrected chi connectivity index (χ4v) is 4.51. The van der Waals surface area contributed by atoms with E-state index in [9.17, 15) is 9.90 Å². The van der Waals surface area contributed by atoms with Crippen LogP contribution in [0.4, 0.5) is 5.69 Å². The molecule has 4 aromatic heterocycles. The first-order valence-corrected chi connectivity index (χ1v) is 11.6. The van der Waals surface area contributed by atoms with Crippen molar-refractivity contribution in [3.63, 3.8) is 0 Å². The van der Waals surface area contributed by atoms with Crippen LogP contribution in [-0.4, -0.2) is 61.9 Å². The molecule has 0 unspecified atom stereocenters. The number of anilines is 1. The third-order valence-electron chi connectivity index (χ3n) is 6.21. The van der Waals surface area contributed by atoms with Gasteiger partial charge >= 0.3 is 5.97 Å². The van der Waals surface area contributed by atoms with E-state index >= 15 is 0 Å². The number of hydrogen-bond acceptors (Lipinski definition) is 7. The van der Waals surface area contributed by atoms with Gasteiger partial charge in [-0.15, -0.1) is 0 Å². The molecule has 9 nitrogen and oxygen atoms in total. The predicted molar refractivity (Wildman–Crippen MR) is 137 cm³/mol. The van der Waals surface area contributed by atoms with E-state index in [1.54, 1.807) is 36.8 Å². The molecule has 1 fully saturated rings. The molecule has 1 aliphatic rings. The molecule has 178 valence electrons. The second-order valence-corrected chi connectivity index (χ2v) is 8.39. The average Bonchev–Trinajstić information content (AvgIpc) is 3.31. The van der Waals surface area contributed by atoms with Crippen LogP contribution in [0.25, 0.3) is 40.0 Å². The lowest BCUT2D eigenvalue weighted by molar-refractivity contribution is 0.0699. The molecule has 0 atom stereocenters. The first-order chi connectivity index (χ1) is 17.7. The summed E-state index contributed by atoms with van der Waals surface area (Å²) < 4.78 is 7.38. The van der Waals surface area contributed by atoms with Crippen LogP contribution in [0.5, 0.6) is 0 Å². The first kappa shape index (κ1) is 21.9. The van der Waals surface area contributed by atoms with Gasteiger partial charge in [-0.2, -0.15) is 5.10 Å². The zero-order chi connectivity index (χ0) is 24.5. The summed E-state index contributed by atoms with van der Waals surface area (Å²) in [6, 6.07) is 14.5. The van der Waals surface area contributed by atoms with Gasteiger partial charge in [0.15, 0.2) is 5.65 Å². The lowest BCUT2D eigenvalue weighted by atomic mass is 10.1. The van der Waals surface area contributed by atoms with Crippen LogP contribution in [0.2, 0.25) is 0 Å². The second-order valence-electron chi connectivity index (χ2n) is 8.39. The van der Waals surface area contributed by atoms with Gasteiger partial charge < -0.3 is 14.7 Å². The minimum Gasteiger partial charge on any atom is -0.478 e. The Bertz CT molecular complexity index is 1610. The van der Waals surface area contributed by atoms with E-state index in [0.717, 1.165) is 41.4 Å². The maximum Gasteiger partial charge on any atom is 0.336 e. The topological polar surface area (TPSA) is 106 Å². The number of carbonyl (C=O) groups is 1. The summed E-state index contributed by atoms with van der Waals surface area (Å²) in [6.45, 7) is 2.93. The van der Waals surface area contributed by atoms with Gasteiger partial charge in [0, 0.05) is 36.4 Å². The highest BCUT2D eigenvalue weighted by Gasteiger charge is 2.20. The van der Waals surface area contributed by atoms with E-state index < -0.39 is 5.97 Å². The number of fused-ring (bicyclic) bond motifs is 2. The fourth-order valence-electron chi connectivity index (χ4n) is 4.51. The van der Waals surface area contributed by atoms with E-state index in [2.05, 4.69) is 20.0 Å². The minimum atomic E-state index is -0.972. The van der Waals surface area contributed by atoms with E-state index in [0.29, 0.717) is 29.8 Å². The Morgan fingerprint density at radius 3 is 2.67 bits per heavy atom. The summed E-state index contributed by atoms with van der Waals surface area (Å²) in [7, 11) is 0. The van der Waals surface area contributed by atoms with Crippen molar-refractivity contribution in [2.45, 2.75) is 0 Å². The molecule has 0 amide bonds. The zero-order valence-corrected chi connectivity index (χ0v) is 19.3. The number of ether oxygens (including phenoxy) is 1. The number of carboxylic acid groups (broad SMARTS) is 1. The Hall–Kier alpha value is -4.63. The Morgan fingerprint density at radius 2 is 1.86 bits per heavy atom. The molecule has 0 bridgehead atoms. The smallest absolute Gasteiger partial charge is 0.336 e. The van der Waals surface area contributed by atoms with Gasteiger partial charge in [0.1, 0.15) is 5.69 Å². The molecular formula is C27H22N6O3. The molecular weight excluding hydrogens is 456 g/mol. The van der Waals surface area contributed by atoms with Crippen LogP contribution >= 0.6 is 0 Å². The molecule has 5 heterocycles. The lowest BCUT2D eigenvalue weighted by Gasteiger charge is -2.28. The second kappa shape index (κ2) is 9.20. The van der Waals surface area contributed by atoms with Gasteiger partial charge in [-0.1, -0.05) is 6.07 Å². The Balaban J connectivity index is 1.46. The summed E-state index contributed by atoms with van der Waals surface area (Å²) in [6.07, 6.45) is 9.11. The predicted octanol–water partition coefficient (Wildman–Crippen LogP) is 4.04. The Kier molecular flexibility index (Phi) is 5.59. The molecule has 36 heavy (non-hydrogen) atoms. The molecule has 1 saturated heterocycles. The van der Waals surface area contributed by atoms with Gasteiger partial charge in [0.25, 0.3) is 0 Å². The van der Waals surface area contributed by atoms with Gasteiger partial charge in [0.2, 0.25) is 0 Å². The molecule has 0 aliphatic carbocycles. The number of aromatic nitrogens is 5. The third kappa shape index (κ3) is 3.95. The van der Waals surface area contributed by atoms with Crippen LogP contribution in [-0.2, 0) is 4.74 Å². The highest BCUT2D eigenvalue weighted by molar-refractivity contribution is 6.02. The third-order valence-corrected chi connectivity index (χ3v) is 6.21. The van der Waals surface area contributed by atoms with Crippen molar-refractivity contribution in [1.82, 2.24) is 24.6 Å². The summed E-state index contributed by atoms with van der Waals surface area (Å²) in [5.41, 5.74) is 5.77. The van der Waals surface area contributed by atoms with Crippen molar-refractivity contribution in [3.05, 3.63) is 84.1 Å². The maximum absolute atomic E-state index is 11.5. The van der Waals surface area contributed by atoms with Crippen molar-refractivity contribution >= 4 is 40.4 Å². The van der Waals surface area contributed by atoms with Crippen LogP contribution in [0, 0.1) is 0 Å². The number of morpholine rings is 1. The van der Waals surface area contributed by atoms with E-state index in [1.165, 1.54) is 0 Å². The van der Waals surface area contributed by atoms with Crippen LogP contribution in [0.1, 0.15) is 21.7 Å². The largest absolute Gasteiger partial charge is 0.478 e. The van der Waals surface area contributed by atoms with Gasteiger partial charge in [-0.25, -0.2) is 19.3 Å². The van der Waals surface area contributed by atoms with Crippen LogP contribution in [0.3, 0.4) is 0 Å². The molecule has 0 radical (unpaired) electrons. The SMILES string of the molecule is O=C(O)c1cccc2nc(C=Cc3nc4c(N5CCOCC5)ccnn4c3-c3cccnc3)ccc12. The molecule has 0 spiro atoms. The average molecular weight is 479 g/mol. The Morgan fingerprint density at radius 1 is 0.972 bits per heavy atom. The summed E-state index contributed by atoms with van der Waals surface area (Å²) in [5, 5.41) is 14.7. The highest BCUT2D eigenvalue weighted by atomic mass is 16.5. The van der Waals surface area contributed by atoms with Crippen LogP contribution in [0.15, 0.2) is 67.1 Å². The molecule has 0 saturated carbocycles. The maximum atomic E-state index is 11.5. The van der Waals surface area contributed by atoms with Crippen molar-refractivity contribution in [2.24, 2.45) is 0 Å². The molecule has 1 N–H and O–H groups in total. The van der Waals surface area contributed by atoms with Gasteiger partial charge in [-0.3, -0.25) is 4.98 Å². The van der Waals surface area contributed by atoms with Crippen molar-refractivity contribution in [3.8, 4) is 11.3 Å². The van der Waals surface area contributed by atoms with E-state index in [4.69, 9.17) is 9.72 Å². The highest BCUT2D eigenvalue weighted by Crippen LogP contribution is 2.30. The lowest BCUT2D eigenvalue weighted by Crippen LogP contribution is -2.36.